The number of hydrogen-bond acceptors (Lipinski definition) is 1. The Morgan fingerprint density at radius 2 is 2.00 bits per heavy atom. The molecule has 1 fully saturated rings. The highest BCUT2D eigenvalue weighted by atomic mass is 14.6. The van der Waals surface area contributed by atoms with Crippen LogP contribution >= 0.6 is 0 Å². The molecule has 0 amide bonds. The molecule has 0 atom stereocenters. The average Bonchev–Trinajstić information content (AvgIpc) is 2.86. The molecule has 0 aliphatic heterocycles. The standard InChI is InChI=1S/C11H15N/c12-11-4-2-1-3-10(11)8-7-9-5-6-9/h1-4,9H,5-8,12H2. The summed E-state index contributed by atoms with van der Waals surface area (Å²) < 4.78 is 0. The zero-order valence-corrected chi connectivity index (χ0v) is 7.29. The van der Waals surface area contributed by atoms with Gasteiger partial charge in [0.2, 0.25) is 0 Å². The fourth-order valence-electron chi connectivity index (χ4n) is 1.53. The molecular weight excluding hydrogens is 146 g/mol. The van der Waals surface area contributed by atoms with Gasteiger partial charge < -0.3 is 5.73 Å². The molecule has 1 aromatic rings. The first-order chi connectivity index (χ1) is 5.86. The zero-order chi connectivity index (χ0) is 8.39. The molecule has 1 aliphatic rings. The van der Waals surface area contributed by atoms with Crippen LogP contribution in [-0.4, -0.2) is 0 Å². The maximum absolute atomic E-state index is 5.83. The van der Waals surface area contributed by atoms with Gasteiger partial charge in [-0.2, -0.15) is 0 Å². The minimum absolute atomic E-state index is 0.957. The molecule has 0 unspecified atom stereocenters. The minimum atomic E-state index is 0.957. The normalized spacial score (nSPS) is 16.3. The summed E-state index contributed by atoms with van der Waals surface area (Å²) in [6.07, 6.45) is 5.37. The average molecular weight is 161 g/mol. The van der Waals surface area contributed by atoms with Crippen LogP contribution in [0.25, 0.3) is 0 Å². The number of benzene rings is 1. The Morgan fingerprint density at radius 3 is 2.67 bits per heavy atom. The van der Waals surface area contributed by atoms with E-state index in [1.807, 2.05) is 12.1 Å². The number of hydrogen-bond donors (Lipinski definition) is 1. The number of rotatable bonds is 3. The quantitative estimate of drug-likeness (QED) is 0.677. The van der Waals surface area contributed by atoms with Gasteiger partial charge in [0.1, 0.15) is 0 Å². The fourth-order valence-corrected chi connectivity index (χ4v) is 1.53. The summed E-state index contributed by atoms with van der Waals surface area (Å²) in [6.45, 7) is 0. The summed E-state index contributed by atoms with van der Waals surface area (Å²) in [5.74, 6) is 1.00. The lowest BCUT2D eigenvalue weighted by Crippen LogP contribution is -1.94. The Kier molecular flexibility index (Phi) is 2.03. The molecule has 0 radical (unpaired) electrons. The van der Waals surface area contributed by atoms with Crippen molar-refractivity contribution in [2.75, 3.05) is 5.73 Å². The molecule has 0 heterocycles. The molecule has 1 nitrogen and oxygen atoms in total. The fraction of sp³-hybridized carbons (Fsp3) is 0.455. The summed E-state index contributed by atoms with van der Waals surface area (Å²) in [6, 6.07) is 8.19. The van der Waals surface area contributed by atoms with Crippen molar-refractivity contribution >= 4 is 5.69 Å². The van der Waals surface area contributed by atoms with Gasteiger partial charge in [-0.25, -0.2) is 0 Å². The van der Waals surface area contributed by atoms with Crippen LogP contribution in [0, 0.1) is 5.92 Å². The predicted molar refractivity (Wildman–Crippen MR) is 51.9 cm³/mol. The second-order valence-corrected chi connectivity index (χ2v) is 3.68. The lowest BCUT2D eigenvalue weighted by atomic mass is 10.1. The Labute approximate surface area is 73.6 Å². The highest BCUT2D eigenvalue weighted by Gasteiger charge is 2.20. The number of nitrogens with two attached hydrogens (primary N) is 1. The molecule has 2 N–H and O–H groups in total. The largest absolute Gasteiger partial charge is 0.399 e. The number of para-hydroxylation sites is 1. The number of aryl methyl sites for hydroxylation is 1. The van der Waals surface area contributed by atoms with Gasteiger partial charge in [0.25, 0.3) is 0 Å². The van der Waals surface area contributed by atoms with E-state index in [0.717, 1.165) is 18.0 Å². The van der Waals surface area contributed by atoms with Crippen molar-refractivity contribution in [3.8, 4) is 0 Å². The summed E-state index contributed by atoms with van der Waals surface area (Å²) in [4.78, 5) is 0. The van der Waals surface area contributed by atoms with Crippen LogP contribution in [0.4, 0.5) is 5.69 Å². The first-order valence-electron chi connectivity index (χ1n) is 4.69. The molecule has 0 saturated heterocycles. The van der Waals surface area contributed by atoms with Gasteiger partial charge in [-0.1, -0.05) is 31.0 Å². The van der Waals surface area contributed by atoms with Gasteiger partial charge in [0.15, 0.2) is 0 Å². The third-order valence-electron chi connectivity index (χ3n) is 2.57. The van der Waals surface area contributed by atoms with Crippen molar-refractivity contribution in [1.82, 2.24) is 0 Å². The van der Waals surface area contributed by atoms with E-state index >= 15 is 0 Å². The molecule has 0 bridgehead atoms. The molecular formula is C11H15N. The lowest BCUT2D eigenvalue weighted by molar-refractivity contribution is 0.728. The second-order valence-electron chi connectivity index (χ2n) is 3.68. The van der Waals surface area contributed by atoms with Crippen LogP contribution in [-0.2, 0) is 6.42 Å². The van der Waals surface area contributed by atoms with Gasteiger partial charge >= 0.3 is 0 Å². The number of anilines is 1. The summed E-state index contributed by atoms with van der Waals surface area (Å²) in [5, 5.41) is 0. The van der Waals surface area contributed by atoms with Crippen molar-refractivity contribution < 1.29 is 0 Å². The van der Waals surface area contributed by atoms with Crippen LogP contribution in [0.1, 0.15) is 24.8 Å². The van der Waals surface area contributed by atoms with E-state index in [9.17, 15) is 0 Å². The molecule has 0 aromatic heterocycles. The zero-order valence-electron chi connectivity index (χ0n) is 7.29. The van der Waals surface area contributed by atoms with E-state index in [-0.39, 0.29) is 0 Å². The van der Waals surface area contributed by atoms with Gasteiger partial charge in [0, 0.05) is 5.69 Å². The van der Waals surface area contributed by atoms with Gasteiger partial charge in [-0.3, -0.25) is 0 Å². The molecule has 1 aliphatic carbocycles. The summed E-state index contributed by atoms with van der Waals surface area (Å²) in [7, 11) is 0. The van der Waals surface area contributed by atoms with Crippen LogP contribution in [0.2, 0.25) is 0 Å². The van der Waals surface area contributed by atoms with Crippen LogP contribution in [0.3, 0.4) is 0 Å². The van der Waals surface area contributed by atoms with Crippen molar-refractivity contribution in [2.24, 2.45) is 5.92 Å². The first-order valence-corrected chi connectivity index (χ1v) is 4.69. The first kappa shape index (κ1) is 7.66. The van der Waals surface area contributed by atoms with E-state index < -0.39 is 0 Å². The van der Waals surface area contributed by atoms with E-state index in [1.54, 1.807) is 0 Å². The predicted octanol–water partition coefficient (Wildman–Crippen LogP) is 2.61. The van der Waals surface area contributed by atoms with Crippen LogP contribution in [0.15, 0.2) is 24.3 Å². The topological polar surface area (TPSA) is 26.0 Å². The highest BCUT2D eigenvalue weighted by Crippen LogP contribution is 2.33. The molecule has 1 aromatic carbocycles. The SMILES string of the molecule is Nc1ccccc1CCC1CC1. The smallest absolute Gasteiger partial charge is 0.0346 e. The summed E-state index contributed by atoms with van der Waals surface area (Å²) >= 11 is 0. The van der Waals surface area contributed by atoms with E-state index in [4.69, 9.17) is 5.73 Å². The maximum atomic E-state index is 5.83. The van der Waals surface area contributed by atoms with Crippen LogP contribution < -0.4 is 5.73 Å². The molecule has 0 spiro atoms. The van der Waals surface area contributed by atoms with Crippen molar-refractivity contribution in [3.63, 3.8) is 0 Å². The molecule has 1 saturated carbocycles. The molecule has 2 rings (SSSR count). The Morgan fingerprint density at radius 1 is 1.25 bits per heavy atom. The van der Waals surface area contributed by atoms with E-state index in [2.05, 4.69) is 12.1 Å². The van der Waals surface area contributed by atoms with E-state index in [1.165, 1.54) is 24.8 Å². The summed E-state index contributed by atoms with van der Waals surface area (Å²) in [5.41, 5.74) is 8.11. The monoisotopic (exact) mass is 161 g/mol. The van der Waals surface area contributed by atoms with Crippen molar-refractivity contribution in [3.05, 3.63) is 29.8 Å². The molecule has 12 heavy (non-hydrogen) atoms. The Balaban J connectivity index is 1.96. The van der Waals surface area contributed by atoms with Crippen molar-refractivity contribution in [1.29, 1.82) is 0 Å². The number of nitrogen functional groups attached to an aromatic ring is 1. The minimum Gasteiger partial charge on any atom is -0.399 e. The Hall–Kier alpha value is -0.980. The third kappa shape index (κ3) is 1.79. The lowest BCUT2D eigenvalue weighted by Gasteiger charge is -2.03. The molecule has 1 heteroatoms. The van der Waals surface area contributed by atoms with Crippen LogP contribution in [0.5, 0.6) is 0 Å². The maximum Gasteiger partial charge on any atom is 0.0346 e. The van der Waals surface area contributed by atoms with Gasteiger partial charge in [-0.05, 0) is 30.4 Å². The van der Waals surface area contributed by atoms with Crippen molar-refractivity contribution in [2.45, 2.75) is 25.7 Å². The highest BCUT2D eigenvalue weighted by molar-refractivity contribution is 5.46. The molecule has 64 valence electrons. The van der Waals surface area contributed by atoms with Gasteiger partial charge in [-0.15, -0.1) is 0 Å². The Bertz CT molecular complexity index is 263. The second kappa shape index (κ2) is 3.18. The van der Waals surface area contributed by atoms with E-state index in [0.29, 0.717) is 0 Å². The third-order valence-corrected chi connectivity index (χ3v) is 2.57. The van der Waals surface area contributed by atoms with Gasteiger partial charge in [0.05, 0.1) is 0 Å².